The molecule has 0 radical (unpaired) electrons. The zero-order valence-electron chi connectivity index (χ0n) is 19.3. The number of hydrogen-bond acceptors (Lipinski definition) is 4. The predicted molar refractivity (Wildman–Crippen MR) is 134 cm³/mol. The van der Waals surface area contributed by atoms with Gasteiger partial charge in [-0.1, -0.05) is 87.0 Å². The van der Waals surface area contributed by atoms with Crippen LogP contribution >= 0.6 is 11.6 Å². The minimum Gasteiger partial charge on any atom is -0.493 e. The highest BCUT2D eigenvalue weighted by molar-refractivity contribution is 6.31. The molecule has 1 heterocycles. The summed E-state index contributed by atoms with van der Waals surface area (Å²) in [6.45, 7) is 6.34. The fourth-order valence-electron chi connectivity index (χ4n) is 3.81. The lowest BCUT2D eigenvalue weighted by Crippen LogP contribution is -2.15. The Hall–Kier alpha value is -3.64. The third kappa shape index (κ3) is 4.97. The van der Waals surface area contributed by atoms with E-state index in [0.29, 0.717) is 22.7 Å². The average Bonchev–Trinajstić information content (AvgIpc) is 3.08. The van der Waals surface area contributed by atoms with Crippen molar-refractivity contribution >= 4 is 34.1 Å². The van der Waals surface area contributed by atoms with Gasteiger partial charge in [0.25, 0.3) is 0 Å². The van der Waals surface area contributed by atoms with Crippen LogP contribution in [0.15, 0.2) is 83.0 Å². The van der Waals surface area contributed by atoms with Crippen molar-refractivity contribution in [2.45, 2.75) is 32.7 Å². The lowest BCUT2D eigenvalue weighted by atomic mass is 9.86. The van der Waals surface area contributed by atoms with Crippen molar-refractivity contribution in [1.82, 2.24) is 4.57 Å². The second kappa shape index (κ2) is 9.69. The zero-order valence-corrected chi connectivity index (χ0v) is 20.1. The molecule has 1 amide bonds. The number of aromatic hydroxyl groups is 1. The van der Waals surface area contributed by atoms with E-state index in [-0.39, 0.29) is 23.6 Å². The predicted octanol–water partition coefficient (Wildman–Crippen LogP) is 7.04. The summed E-state index contributed by atoms with van der Waals surface area (Å²) >= 11 is 6.32. The topological polar surface area (TPSA) is 76.2 Å². The van der Waals surface area contributed by atoms with Crippen molar-refractivity contribution in [3.63, 3.8) is 0 Å². The summed E-state index contributed by atoms with van der Waals surface area (Å²) in [7, 11) is 0. The van der Waals surface area contributed by atoms with Crippen molar-refractivity contribution in [2.75, 3.05) is 6.61 Å². The molecule has 3 aromatic carbocycles. The molecule has 1 aromatic heterocycles. The van der Waals surface area contributed by atoms with Crippen LogP contribution in [0.1, 0.15) is 31.9 Å². The molecule has 0 bridgehead atoms. The molecule has 174 valence electrons. The highest BCUT2D eigenvalue weighted by atomic mass is 35.5. The van der Waals surface area contributed by atoms with Gasteiger partial charge in [0.05, 0.1) is 12.1 Å². The van der Waals surface area contributed by atoms with Crippen LogP contribution in [0.3, 0.4) is 0 Å². The van der Waals surface area contributed by atoms with E-state index in [9.17, 15) is 9.90 Å². The van der Waals surface area contributed by atoms with Crippen LogP contribution in [-0.4, -0.2) is 22.2 Å². The largest absolute Gasteiger partial charge is 0.493 e. The van der Waals surface area contributed by atoms with Crippen LogP contribution in [0.5, 0.6) is 11.6 Å². The van der Waals surface area contributed by atoms with Gasteiger partial charge in [-0.25, -0.2) is 0 Å². The van der Waals surface area contributed by atoms with E-state index in [1.165, 1.54) is 0 Å². The molecule has 0 aliphatic carbocycles. The molecular formula is C27H26ClN3O3. The van der Waals surface area contributed by atoms with Gasteiger partial charge in [-0.05, 0) is 34.7 Å². The molecule has 0 saturated heterocycles. The van der Waals surface area contributed by atoms with Gasteiger partial charge in [-0.2, -0.15) is 0 Å². The van der Waals surface area contributed by atoms with E-state index in [0.717, 1.165) is 16.6 Å². The maximum absolute atomic E-state index is 12.4. The number of para-hydroxylation sites is 2. The van der Waals surface area contributed by atoms with Gasteiger partial charge in [0.2, 0.25) is 5.88 Å². The van der Waals surface area contributed by atoms with Crippen molar-refractivity contribution in [2.24, 2.45) is 10.2 Å². The first-order chi connectivity index (χ1) is 16.3. The lowest BCUT2D eigenvalue weighted by Gasteiger charge is -2.22. The first-order valence-electron chi connectivity index (χ1n) is 11.0. The standard InChI is InChI=1S/C27H26ClN3O3/c1-27(2,3)20-12-6-9-15-23(20)34-17-24(32)29-30-25-19-11-5-8-14-22(19)31(26(25)33)16-18-10-4-7-13-21(18)28/h4-15,33H,16-17H2,1-3H3. The molecular weight excluding hydrogens is 450 g/mol. The second-order valence-electron chi connectivity index (χ2n) is 9.00. The molecule has 4 aromatic rings. The van der Waals surface area contributed by atoms with Gasteiger partial charge in [0, 0.05) is 10.4 Å². The lowest BCUT2D eigenvalue weighted by molar-refractivity contribution is -0.120. The smallest absolute Gasteiger partial charge is 0.302 e. The molecule has 34 heavy (non-hydrogen) atoms. The third-order valence-corrected chi connectivity index (χ3v) is 5.88. The van der Waals surface area contributed by atoms with Gasteiger partial charge < -0.3 is 14.4 Å². The van der Waals surface area contributed by atoms with Crippen LogP contribution in [0.4, 0.5) is 5.69 Å². The summed E-state index contributed by atoms with van der Waals surface area (Å²) in [4.78, 5) is 12.4. The molecule has 0 aliphatic rings. The van der Waals surface area contributed by atoms with Crippen LogP contribution in [0, 0.1) is 0 Å². The van der Waals surface area contributed by atoms with Crippen LogP contribution in [0.2, 0.25) is 5.02 Å². The SMILES string of the molecule is CC(C)(C)c1ccccc1OCC(=O)N=Nc1c(O)n(Cc2ccccc2Cl)c2ccccc12. The number of halogens is 1. The van der Waals surface area contributed by atoms with Gasteiger partial charge in [-0.15, -0.1) is 10.2 Å². The zero-order chi connectivity index (χ0) is 24.3. The number of aromatic nitrogens is 1. The molecule has 0 aliphatic heterocycles. The molecule has 4 rings (SSSR count). The van der Waals surface area contributed by atoms with Crippen LogP contribution < -0.4 is 4.74 Å². The fourth-order valence-corrected chi connectivity index (χ4v) is 4.01. The van der Waals surface area contributed by atoms with Gasteiger partial charge >= 0.3 is 5.91 Å². The number of amides is 1. The van der Waals surface area contributed by atoms with Crippen LogP contribution in [0.25, 0.3) is 10.9 Å². The summed E-state index contributed by atoms with van der Waals surface area (Å²) in [5.41, 5.74) is 2.71. The Morgan fingerprint density at radius 3 is 2.44 bits per heavy atom. The number of carbonyl (C=O) groups excluding carboxylic acids is 1. The van der Waals surface area contributed by atoms with E-state index < -0.39 is 5.91 Å². The average molecular weight is 476 g/mol. The van der Waals surface area contributed by atoms with E-state index in [2.05, 4.69) is 31.0 Å². The number of fused-ring (bicyclic) bond motifs is 1. The molecule has 6 nitrogen and oxygen atoms in total. The van der Waals surface area contributed by atoms with E-state index in [1.807, 2.05) is 66.7 Å². The van der Waals surface area contributed by atoms with Crippen molar-refractivity contribution in [3.8, 4) is 11.6 Å². The quantitative estimate of drug-likeness (QED) is 0.304. The fraction of sp³-hybridized carbons (Fsp3) is 0.222. The number of benzene rings is 3. The first kappa shape index (κ1) is 23.5. The van der Waals surface area contributed by atoms with Crippen molar-refractivity contribution in [1.29, 1.82) is 0 Å². The molecule has 0 atom stereocenters. The highest BCUT2D eigenvalue weighted by Gasteiger charge is 2.20. The Bertz CT molecular complexity index is 1370. The first-order valence-corrected chi connectivity index (χ1v) is 11.3. The number of nitrogens with zero attached hydrogens (tertiary/aromatic N) is 3. The van der Waals surface area contributed by atoms with Crippen molar-refractivity contribution < 1.29 is 14.6 Å². The third-order valence-electron chi connectivity index (χ3n) is 5.51. The number of ether oxygens (including phenoxy) is 1. The van der Waals surface area contributed by atoms with Gasteiger partial charge in [-0.3, -0.25) is 4.79 Å². The monoisotopic (exact) mass is 475 g/mol. The molecule has 1 N–H and O–H groups in total. The minimum atomic E-state index is -0.550. The van der Waals surface area contributed by atoms with E-state index in [1.54, 1.807) is 10.6 Å². The Morgan fingerprint density at radius 2 is 1.68 bits per heavy atom. The number of rotatable bonds is 6. The summed E-state index contributed by atoms with van der Waals surface area (Å²) in [6, 6.07) is 22.5. The maximum Gasteiger partial charge on any atom is 0.302 e. The van der Waals surface area contributed by atoms with Gasteiger partial charge in [0.1, 0.15) is 5.75 Å². The summed E-state index contributed by atoms with van der Waals surface area (Å²) in [5.74, 6) is 0.000420. The highest BCUT2D eigenvalue weighted by Crippen LogP contribution is 2.39. The molecule has 0 saturated carbocycles. The van der Waals surface area contributed by atoms with E-state index in [4.69, 9.17) is 16.3 Å². The molecule has 0 fully saturated rings. The van der Waals surface area contributed by atoms with Crippen molar-refractivity contribution in [3.05, 3.63) is 88.9 Å². The molecule has 7 heteroatoms. The maximum atomic E-state index is 12.4. The second-order valence-corrected chi connectivity index (χ2v) is 9.40. The Kier molecular flexibility index (Phi) is 6.70. The Labute approximate surface area is 203 Å². The Morgan fingerprint density at radius 1 is 1.00 bits per heavy atom. The summed E-state index contributed by atoms with van der Waals surface area (Å²) in [5, 5.41) is 20.1. The number of hydrogen-bond donors (Lipinski definition) is 1. The molecule has 0 spiro atoms. The molecule has 0 unspecified atom stereocenters. The summed E-state index contributed by atoms with van der Waals surface area (Å²) in [6.07, 6.45) is 0. The van der Waals surface area contributed by atoms with Gasteiger partial charge in [0.15, 0.2) is 12.3 Å². The normalized spacial score (nSPS) is 11.9. The Balaban J connectivity index is 1.57. The van der Waals surface area contributed by atoms with E-state index >= 15 is 0 Å². The van der Waals surface area contributed by atoms with Crippen LogP contribution in [-0.2, 0) is 16.8 Å². The summed E-state index contributed by atoms with van der Waals surface area (Å²) < 4.78 is 7.44. The minimum absolute atomic E-state index is 0.0864. The number of azo groups is 1. The number of carbonyl (C=O) groups is 1.